The van der Waals surface area contributed by atoms with E-state index >= 15 is 0 Å². The van der Waals surface area contributed by atoms with Gasteiger partial charge in [-0.05, 0) is 24.7 Å². The SMILES string of the molecule is CCCC(C)(CCS(=O)(=O)CCC)CNC(C)C. The molecule has 0 saturated heterocycles. The first-order valence-electron chi connectivity index (χ1n) is 7.18. The topological polar surface area (TPSA) is 46.2 Å². The Kier molecular flexibility index (Phi) is 8.11. The van der Waals surface area contributed by atoms with Gasteiger partial charge in [0, 0.05) is 18.3 Å². The van der Waals surface area contributed by atoms with Crippen molar-refractivity contribution in [2.24, 2.45) is 5.41 Å². The van der Waals surface area contributed by atoms with Crippen LogP contribution in [0.4, 0.5) is 0 Å². The summed E-state index contributed by atoms with van der Waals surface area (Å²) in [4.78, 5) is 0. The highest BCUT2D eigenvalue weighted by Crippen LogP contribution is 2.27. The summed E-state index contributed by atoms with van der Waals surface area (Å²) in [6, 6.07) is 0.452. The zero-order valence-electron chi connectivity index (χ0n) is 12.8. The molecule has 0 bridgehead atoms. The van der Waals surface area contributed by atoms with E-state index in [-0.39, 0.29) is 5.41 Å². The quantitative estimate of drug-likeness (QED) is 0.667. The van der Waals surface area contributed by atoms with Gasteiger partial charge in [0.2, 0.25) is 0 Å². The van der Waals surface area contributed by atoms with Crippen molar-refractivity contribution in [2.45, 2.75) is 66.3 Å². The third-order valence-corrected chi connectivity index (χ3v) is 5.18. The van der Waals surface area contributed by atoms with E-state index in [1.54, 1.807) is 0 Å². The molecule has 18 heavy (non-hydrogen) atoms. The number of rotatable bonds is 10. The number of hydrogen-bond acceptors (Lipinski definition) is 3. The van der Waals surface area contributed by atoms with Crippen LogP contribution in [0.2, 0.25) is 0 Å². The van der Waals surface area contributed by atoms with Crippen molar-refractivity contribution in [3.8, 4) is 0 Å². The van der Waals surface area contributed by atoms with Gasteiger partial charge in [-0.3, -0.25) is 0 Å². The molecule has 1 unspecified atom stereocenters. The molecule has 0 fully saturated rings. The summed E-state index contributed by atoms with van der Waals surface area (Å²) in [7, 11) is -2.85. The monoisotopic (exact) mass is 277 g/mol. The van der Waals surface area contributed by atoms with Gasteiger partial charge in [-0.15, -0.1) is 0 Å². The maximum absolute atomic E-state index is 11.8. The molecule has 0 aromatic rings. The Bertz CT molecular complexity index is 312. The minimum absolute atomic E-state index is 0.0971. The van der Waals surface area contributed by atoms with Crippen molar-refractivity contribution in [3.63, 3.8) is 0 Å². The second-order valence-electron chi connectivity index (χ2n) is 6.00. The van der Waals surface area contributed by atoms with E-state index in [0.29, 0.717) is 17.5 Å². The Morgan fingerprint density at radius 2 is 1.67 bits per heavy atom. The van der Waals surface area contributed by atoms with Crippen molar-refractivity contribution in [1.82, 2.24) is 5.32 Å². The highest BCUT2D eigenvalue weighted by molar-refractivity contribution is 7.91. The molecule has 1 atom stereocenters. The molecule has 0 aromatic carbocycles. The molecule has 4 heteroatoms. The van der Waals surface area contributed by atoms with E-state index in [1.165, 1.54) is 0 Å². The van der Waals surface area contributed by atoms with Gasteiger partial charge in [-0.25, -0.2) is 8.42 Å². The van der Waals surface area contributed by atoms with Crippen LogP contribution in [0.1, 0.15) is 60.3 Å². The summed E-state index contributed by atoms with van der Waals surface area (Å²) in [6.07, 6.45) is 3.67. The molecule has 0 saturated carbocycles. The molecule has 1 N–H and O–H groups in total. The van der Waals surface area contributed by atoms with Crippen LogP contribution < -0.4 is 5.32 Å². The van der Waals surface area contributed by atoms with Crippen molar-refractivity contribution in [2.75, 3.05) is 18.1 Å². The Labute approximate surface area is 114 Å². The third kappa shape index (κ3) is 8.09. The molecular formula is C14H31NO2S. The molecule has 0 amide bonds. The zero-order chi connectivity index (χ0) is 14.2. The lowest BCUT2D eigenvalue weighted by Crippen LogP contribution is -2.37. The fourth-order valence-electron chi connectivity index (χ4n) is 2.17. The van der Waals surface area contributed by atoms with Gasteiger partial charge in [0.15, 0.2) is 0 Å². The Morgan fingerprint density at radius 3 is 2.11 bits per heavy atom. The van der Waals surface area contributed by atoms with Crippen LogP contribution in [0.15, 0.2) is 0 Å². The number of sulfone groups is 1. The fraction of sp³-hybridized carbons (Fsp3) is 1.00. The van der Waals surface area contributed by atoms with E-state index < -0.39 is 9.84 Å². The van der Waals surface area contributed by atoms with Gasteiger partial charge < -0.3 is 5.32 Å². The Hall–Kier alpha value is -0.0900. The van der Waals surface area contributed by atoms with Crippen LogP contribution in [-0.4, -0.2) is 32.5 Å². The predicted molar refractivity (Wildman–Crippen MR) is 79.7 cm³/mol. The minimum Gasteiger partial charge on any atom is -0.314 e. The van der Waals surface area contributed by atoms with Crippen molar-refractivity contribution >= 4 is 9.84 Å². The van der Waals surface area contributed by atoms with E-state index in [0.717, 1.165) is 32.2 Å². The van der Waals surface area contributed by atoms with Gasteiger partial charge in [0.25, 0.3) is 0 Å². The molecule has 0 aliphatic carbocycles. The van der Waals surface area contributed by atoms with E-state index in [1.807, 2.05) is 6.92 Å². The molecule has 0 aliphatic rings. The molecule has 0 spiro atoms. The van der Waals surface area contributed by atoms with Gasteiger partial charge in [-0.1, -0.05) is 41.0 Å². The van der Waals surface area contributed by atoms with Gasteiger partial charge in [0.05, 0.1) is 5.75 Å². The lowest BCUT2D eigenvalue weighted by atomic mass is 9.82. The molecule has 0 radical (unpaired) electrons. The average molecular weight is 277 g/mol. The van der Waals surface area contributed by atoms with Crippen molar-refractivity contribution < 1.29 is 8.42 Å². The molecule has 0 aliphatic heterocycles. The first kappa shape index (κ1) is 17.9. The standard InChI is InChI=1S/C14H31NO2S/c1-6-8-14(5,12-15-13(3)4)9-11-18(16,17)10-7-2/h13,15H,6-12H2,1-5H3. The van der Waals surface area contributed by atoms with Gasteiger partial charge in [-0.2, -0.15) is 0 Å². The summed E-state index contributed by atoms with van der Waals surface area (Å²) in [6.45, 7) is 11.4. The summed E-state index contributed by atoms with van der Waals surface area (Å²) >= 11 is 0. The van der Waals surface area contributed by atoms with Crippen LogP contribution in [0.25, 0.3) is 0 Å². The third-order valence-electron chi connectivity index (χ3n) is 3.32. The largest absolute Gasteiger partial charge is 0.314 e. The molecule has 3 nitrogen and oxygen atoms in total. The number of nitrogens with one attached hydrogen (secondary N) is 1. The highest BCUT2D eigenvalue weighted by atomic mass is 32.2. The molecule has 0 aromatic heterocycles. The van der Waals surface area contributed by atoms with Gasteiger partial charge >= 0.3 is 0 Å². The molecule has 0 heterocycles. The average Bonchev–Trinajstić information content (AvgIpc) is 2.25. The fourth-order valence-corrected chi connectivity index (χ4v) is 3.80. The van der Waals surface area contributed by atoms with Crippen LogP contribution >= 0.6 is 0 Å². The lowest BCUT2D eigenvalue weighted by molar-refractivity contribution is 0.260. The second kappa shape index (κ2) is 8.16. The summed E-state index contributed by atoms with van der Waals surface area (Å²) in [5.41, 5.74) is 0.0971. The first-order valence-corrected chi connectivity index (χ1v) is 9.00. The minimum atomic E-state index is -2.85. The molecule has 0 rings (SSSR count). The smallest absolute Gasteiger partial charge is 0.150 e. The summed E-state index contributed by atoms with van der Waals surface area (Å²) in [5.74, 6) is 0.657. The zero-order valence-corrected chi connectivity index (χ0v) is 13.6. The first-order chi connectivity index (χ1) is 8.24. The Balaban J connectivity index is 4.42. The lowest BCUT2D eigenvalue weighted by Gasteiger charge is -2.30. The highest BCUT2D eigenvalue weighted by Gasteiger charge is 2.25. The Morgan fingerprint density at radius 1 is 1.06 bits per heavy atom. The predicted octanol–water partition coefficient (Wildman–Crippen LogP) is 3.01. The summed E-state index contributed by atoms with van der Waals surface area (Å²) < 4.78 is 23.6. The normalized spacial score (nSPS) is 15.9. The van der Waals surface area contributed by atoms with Crippen molar-refractivity contribution in [3.05, 3.63) is 0 Å². The molecule has 110 valence electrons. The van der Waals surface area contributed by atoms with E-state index in [4.69, 9.17) is 0 Å². The van der Waals surface area contributed by atoms with Crippen LogP contribution in [-0.2, 0) is 9.84 Å². The van der Waals surface area contributed by atoms with Gasteiger partial charge in [0.1, 0.15) is 9.84 Å². The van der Waals surface area contributed by atoms with Crippen molar-refractivity contribution in [1.29, 1.82) is 0 Å². The maximum Gasteiger partial charge on any atom is 0.150 e. The molecular weight excluding hydrogens is 246 g/mol. The summed E-state index contributed by atoms with van der Waals surface area (Å²) in [5, 5.41) is 3.44. The van der Waals surface area contributed by atoms with Crippen LogP contribution in [0.5, 0.6) is 0 Å². The second-order valence-corrected chi connectivity index (χ2v) is 8.30. The van der Waals surface area contributed by atoms with Crippen LogP contribution in [0.3, 0.4) is 0 Å². The van der Waals surface area contributed by atoms with E-state index in [2.05, 4.69) is 33.0 Å². The number of hydrogen-bond donors (Lipinski definition) is 1. The van der Waals surface area contributed by atoms with E-state index in [9.17, 15) is 8.42 Å². The maximum atomic E-state index is 11.8. The van der Waals surface area contributed by atoms with Crippen LogP contribution in [0, 0.1) is 5.41 Å².